The molecule has 96 valence electrons. The van der Waals surface area contributed by atoms with Crippen molar-refractivity contribution in [3.05, 3.63) is 47.5 Å². The van der Waals surface area contributed by atoms with Gasteiger partial charge in [-0.15, -0.1) is 0 Å². The highest BCUT2D eigenvalue weighted by molar-refractivity contribution is 5.76. The molecule has 4 nitrogen and oxygen atoms in total. The molecule has 0 aliphatic carbocycles. The summed E-state index contributed by atoms with van der Waals surface area (Å²) in [6.45, 7) is 4.49. The highest BCUT2D eigenvalue weighted by atomic mass is 16.3. The average molecular weight is 253 g/mol. The molecule has 19 heavy (non-hydrogen) atoms. The van der Waals surface area contributed by atoms with Gasteiger partial charge in [0, 0.05) is 11.8 Å². The maximum Gasteiger partial charge on any atom is 0.210 e. The highest BCUT2D eigenvalue weighted by Crippen LogP contribution is 2.25. The van der Waals surface area contributed by atoms with E-state index in [1.807, 2.05) is 12.3 Å². The van der Waals surface area contributed by atoms with Gasteiger partial charge in [-0.3, -0.25) is 0 Å². The van der Waals surface area contributed by atoms with Gasteiger partial charge >= 0.3 is 0 Å². The molecule has 0 saturated carbocycles. The quantitative estimate of drug-likeness (QED) is 0.762. The van der Waals surface area contributed by atoms with Crippen LogP contribution in [0.5, 0.6) is 0 Å². The van der Waals surface area contributed by atoms with Gasteiger partial charge in [-0.2, -0.15) is 4.98 Å². The second-order valence-electron chi connectivity index (χ2n) is 4.66. The minimum atomic E-state index is 0.287. The van der Waals surface area contributed by atoms with E-state index in [-0.39, 0.29) is 6.54 Å². The molecule has 0 fully saturated rings. The minimum absolute atomic E-state index is 0.287. The molecule has 2 aromatic heterocycles. The standard InChI is InChI=1S/C15H15N3O/c1-9-3-4-11(5-10(9)2)12-6-13-15(17-8-12)18-14(7-16)19-13/h3-6,8H,7,16H2,1-2H3. The maximum absolute atomic E-state index is 5.53. The van der Waals surface area contributed by atoms with Crippen LogP contribution < -0.4 is 5.73 Å². The van der Waals surface area contributed by atoms with Crippen LogP contribution in [-0.2, 0) is 6.54 Å². The summed E-state index contributed by atoms with van der Waals surface area (Å²) >= 11 is 0. The Balaban J connectivity index is 2.11. The molecule has 3 rings (SSSR count). The first-order valence-corrected chi connectivity index (χ1v) is 6.20. The van der Waals surface area contributed by atoms with Gasteiger partial charge in [-0.25, -0.2) is 4.98 Å². The molecule has 2 heterocycles. The van der Waals surface area contributed by atoms with Crippen molar-refractivity contribution < 1.29 is 4.42 Å². The van der Waals surface area contributed by atoms with Gasteiger partial charge in [0.1, 0.15) is 0 Å². The van der Waals surface area contributed by atoms with Crippen LogP contribution >= 0.6 is 0 Å². The van der Waals surface area contributed by atoms with Gasteiger partial charge in [0.05, 0.1) is 6.54 Å². The Kier molecular flexibility index (Phi) is 2.80. The van der Waals surface area contributed by atoms with E-state index in [0.717, 1.165) is 11.1 Å². The molecule has 2 N–H and O–H groups in total. The van der Waals surface area contributed by atoms with Crippen molar-refractivity contribution >= 4 is 11.2 Å². The molecule has 0 amide bonds. The lowest BCUT2D eigenvalue weighted by Crippen LogP contribution is -1.95. The van der Waals surface area contributed by atoms with E-state index < -0.39 is 0 Å². The van der Waals surface area contributed by atoms with Crippen LogP contribution in [0, 0.1) is 13.8 Å². The lowest BCUT2D eigenvalue weighted by atomic mass is 10.0. The summed E-state index contributed by atoms with van der Waals surface area (Å²) in [6.07, 6.45) is 1.81. The molecule has 0 spiro atoms. The summed E-state index contributed by atoms with van der Waals surface area (Å²) in [5, 5.41) is 0. The van der Waals surface area contributed by atoms with Crippen LogP contribution in [0.2, 0.25) is 0 Å². The lowest BCUT2D eigenvalue weighted by molar-refractivity contribution is 0.533. The van der Waals surface area contributed by atoms with Crippen molar-refractivity contribution in [2.24, 2.45) is 5.73 Å². The van der Waals surface area contributed by atoms with E-state index >= 15 is 0 Å². The van der Waals surface area contributed by atoms with E-state index in [9.17, 15) is 0 Å². The molecule has 0 unspecified atom stereocenters. The van der Waals surface area contributed by atoms with Crippen molar-refractivity contribution in [2.45, 2.75) is 20.4 Å². The van der Waals surface area contributed by atoms with E-state index in [1.54, 1.807) is 0 Å². The van der Waals surface area contributed by atoms with Crippen molar-refractivity contribution in [3.63, 3.8) is 0 Å². The lowest BCUT2D eigenvalue weighted by Gasteiger charge is -2.04. The first-order chi connectivity index (χ1) is 9.17. The van der Waals surface area contributed by atoms with Crippen LogP contribution in [0.15, 0.2) is 34.9 Å². The van der Waals surface area contributed by atoms with Gasteiger partial charge in [0.2, 0.25) is 5.89 Å². The largest absolute Gasteiger partial charge is 0.438 e. The average Bonchev–Trinajstić information content (AvgIpc) is 2.83. The Labute approximate surface area is 111 Å². The molecule has 4 heteroatoms. The number of rotatable bonds is 2. The third-order valence-corrected chi connectivity index (χ3v) is 3.31. The van der Waals surface area contributed by atoms with E-state index in [4.69, 9.17) is 10.2 Å². The molecular formula is C15H15N3O. The van der Waals surface area contributed by atoms with Crippen LogP contribution in [0.25, 0.3) is 22.4 Å². The fraction of sp³-hybridized carbons (Fsp3) is 0.200. The second-order valence-corrected chi connectivity index (χ2v) is 4.66. The van der Waals surface area contributed by atoms with Crippen LogP contribution in [0.1, 0.15) is 17.0 Å². The highest BCUT2D eigenvalue weighted by Gasteiger charge is 2.08. The fourth-order valence-electron chi connectivity index (χ4n) is 2.03. The van der Waals surface area contributed by atoms with Crippen molar-refractivity contribution in [3.8, 4) is 11.1 Å². The summed E-state index contributed by atoms with van der Waals surface area (Å²) < 4.78 is 5.53. The molecule has 0 atom stereocenters. The summed E-state index contributed by atoms with van der Waals surface area (Å²) in [5.41, 5.74) is 11.5. The molecule has 3 aromatic rings. The number of oxazole rings is 1. The number of hydrogen-bond acceptors (Lipinski definition) is 4. The third-order valence-electron chi connectivity index (χ3n) is 3.31. The van der Waals surface area contributed by atoms with Gasteiger partial charge in [-0.1, -0.05) is 18.2 Å². The van der Waals surface area contributed by atoms with Crippen molar-refractivity contribution in [1.29, 1.82) is 0 Å². The number of hydrogen-bond donors (Lipinski definition) is 1. The number of pyridine rings is 1. The topological polar surface area (TPSA) is 64.9 Å². The molecule has 0 aliphatic rings. The fourth-order valence-corrected chi connectivity index (χ4v) is 2.03. The molecule has 1 aromatic carbocycles. The first-order valence-electron chi connectivity index (χ1n) is 6.20. The summed E-state index contributed by atoms with van der Waals surface area (Å²) in [6, 6.07) is 8.31. The Morgan fingerprint density at radius 1 is 1.11 bits per heavy atom. The number of nitrogens with zero attached hydrogens (tertiary/aromatic N) is 2. The smallest absolute Gasteiger partial charge is 0.210 e. The second kappa shape index (κ2) is 4.48. The van der Waals surface area contributed by atoms with Crippen LogP contribution in [-0.4, -0.2) is 9.97 Å². The van der Waals surface area contributed by atoms with E-state index in [0.29, 0.717) is 17.1 Å². The predicted molar refractivity (Wildman–Crippen MR) is 74.6 cm³/mol. The SMILES string of the molecule is Cc1ccc(-c2cnc3nc(CN)oc3c2)cc1C. The van der Waals surface area contributed by atoms with E-state index in [2.05, 4.69) is 42.0 Å². The zero-order valence-electron chi connectivity index (χ0n) is 11.0. The normalized spacial score (nSPS) is 11.1. The summed E-state index contributed by atoms with van der Waals surface area (Å²) in [5.74, 6) is 0.514. The minimum Gasteiger partial charge on any atom is -0.438 e. The zero-order chi connectivity index (χ0) is 13.4. The first kappa shape index (κ1) is 11.9. The van der Waals surface area contributed by atoms with Crippen LogP contribution in [0.4, 0.5) is 0 Å². The summed E-state index contributed by atoms with van der Waals surface area (Å²) in [7, 11) is 0. The Bertz CT molecular complexity index is 746. The number of fused-ring (bicyclic) bond motifs is 1. The Morgan fingerprint density at radius 2 is 1.95 bits per heavy atom. The number of aryl methyl sites for hydroxylation is 2. The number of benzene rings is 1. The van der Waals surface area contributed by atoms with Gasteiger partial charge < -0.3 is 10.2 Å². The maximum atomic E-state index is 5.53. The van der Waals surface area contributed by atoms with E-state index in [1.165, 1.54) is 11.1 Å². The summed E-state index contributed by atoms with van der Waals surface area (Å²) in [4.78, 5) is 8.51. The molecule has 0 radical (unpaired) electrons. The molecule has 0 aliphatic heterocycles. The number of aromatic nitrogens is 2. The van der Waals surface area contributed by atoms with Crippen LogP contribution in [0.3, 0.4) is 0 Å². The van der Waals surface area contributed by atoms with Crippen molar-refractivity contribution in [1.82, 2.24) is 9.97 Å². The Morgan fingerprint density at radius 3 is 2.68 bits per heavy atom. The molecule has 0 bridgehead atoms. The van der Waals surface area contributed by atoms with Gasteiger partial charge in [0.25, 0.3) is 0 Å². The Hall–Kier alpha value is -2.20. The monoisotopic (exact) mass is 253 g/mol. The van der Waals surface area contributed by atoms with Gasteiger partial charge in [0.15, 0.2) is 11.2 Å². The number of nitrogens with two attached hydrogens (primary N) is 1. The zero-order valence-corrected chi connectivity index (χ0v) is 11.0. The molecular weight excluding hydrogens is 238 g/mol. The molecule has 0 saturated heterocycles. The third kappa shape index (κ3) is 2.11. The predicted octanol–water partition coefficient (Wildman–Crippen LogP) is 2.97. The van der Waals surface area contributed by atoms with Gasteiger partial charge in [-0.05, 0) is 36.6 Å². The van der Waals surface area contributed by atoms with Crippen molar-refractivity contribution in [2.75, 3.05) is 0 Å².